The molecular weight excluding hydrogens is 282 g/mol. The minimum atomic E-state index is -0.620. The van der Waals surface area contributed by atoms with Gasteiger partial charge >= 0.3 is 5.97 Å². The number of nitrogens with one attached hydrogen (secondary N) is 1. The molecule has 7 heteroatoms. The van der Waals surface area contributed by atoms with Crippen LogP contribution < -0.4 is 5.32 Å². The molecule has 2 aromatic rings. The lowest BCUT2D eigenvalue weighted by Gasteiger charge is -2.07. The standard InChI is InChI=1S/C13H10ClN3O3/c14-12-10(4-2-6-16-12)17-11(18)8-20-13(19)9-3-1-5-15-7-9/h1-7H,8H2,(H,17,18). The smallest absolute Gasteiger partial charge is 0.340 e. The van der Waals surface area contributed by atoms with Crippen LogP contribution in [-0.2, 0) is 9.53 Å². The third-order valence-electron chi connectivity index (χ3n) is 2.26. The molecule has 0 aliphatic heterocycles. The van der Waals surface area contributed by atoms with Gasteiger partial charge < -0.3 is 10.1 Å². The zero-order valence-corrected chi connectivity index (χ0v) is 11.0. The molecule has 2 heterocycles. The zero-order valence-electron chi connectivity index (χ0n) is 10.2. The Morgan fingerprint density at radius 3 is 2.75 bits per heavy atom. The molecule has 102 valence electrons. The second kappa shape index (κ2) is 6.63. The first kappa shape index (κ1) is 14.0. The number of esters is 1. The van der Waals surface area contributed by atoms with Crippen LogP contribution in [0.4, 0.5) is 5.69 Å². The van der Waals surface area contributed by atoms with Crippen molar-refractivity contribution in [2.45, 2.75) is 0 Å². The van der Waals surface area contributed by atoms with Gasteiger partial charge in [0.05, 0.1) is 11.3 Å². The van der Waals surface area contributed by atoms with E-state index in [4.69, 9.17) is 16.3 Å². The van der Waals surface area contributed by atoms with E-state index >= 15 is 0 Å². The lowest BCUT2D eigenvalue weighted by molar-refractivity contribution is -0.119. The average molecular weight is 292 g/mol. The first-order valence-corrected chi connectivity index (χ1v) is 6.02. The Hall–Kier alpha value is -2.47. The highest BCUT2D eigenvalue weighted by molar-refractivity contribution is 6.32. The lowest BCUT2D eigenvalue weighted by atomic mass is 10.3. The third kappa shape index (κ3) is 3.76. The van der Waals surface area contributed by atoms with Crippen molar-refractivity contribution in [3.63, 3.8) is 0 Å². The highest BCUT2D eigenvalue weighted by Crippen LogP contribution is 2.17. The Labute approximate surface area is 119 Å². The molecule has 0 aliphatic rings. The van der Waals surface area contributed by atoms with Gasteiger partial charge in [-0.3, -0.25) is 9.78 Å². The monoisotopic (exact) mass is 291 g/mol. The first-order chi connectivity index (χ1) is 9.66. The van der Waals surface area contributed by atoms with Crippen LogP contribution in [0.3, 0.4) is 0 Å². The van der Waals surface area contributed by atoms with Gasteiger partial charge in [0.25, 0.3) is 5.91 Å². The quantitative estimate of drug-likeness (QED) is 0.687. The number of hydrogen-bond acceptors (Lipinski definition) is 5. The van der Waals surface area contributed by atoms with Crippen LogP contribution in [-0.4, -0.2) is 28.5 Å². The van der Waals surface area contributed by atoms with Crippen molar-refractivity contribution < 1.29 is 14.3 Å². The van der Waals surface area contributed by atoms with Gasteiger partial charge in [-0.25, -0.2) is 9.78 Å². The van der Waals surface area contributed by atoms with E-state index in [2.05, 4.69) is 15.3 Å². The number of amides is 1. The fourth-order valence-electron chi connectivity index (χ4n) is 1.36. The van der Waals surface area contributed by atoms with Crippen molar-refractivity contribution >= 4 is 29.2 Å². The predicted octanol–water partition coefficient (Wildman–Crippen LogP) is 1.93. The Balaban J connectivity index is 1.87. The van der Waals surface area contributed by atoms with Crippen LogP contribution in [0.15, 0.2) is 42.9 Å². The fraction of sp³-hybridized carbons (Fsp3) is 0.0769. The molecule has 0 aliphatic carbocycles. The number of carbonyl (C=O) groups excluding carboxylic acids is 2. The molecule has 2 rings (SSSR count). The van der Waals surface area contributed by atoms with Gasteiger partial charge in [-0.05, 0) is 24.3 Å². The van der Waals surface area contributed by atoms with Crippen LogP contribution in [0.5, 0.6) is 0 Å². The highest BCUT2D eigenvalue weighted by Gasteiger charge is 2.11. The Kier molecular flexibility index (Phi) is 4.62. The summed E-state index contributed by atoms with van der Waals surface area (Å²) >= 11 is 5.79. The number of nitrogens with zero attached hydrogens (tertiary/aromatic N) is 2. The van der Waals surface area contributed by atoms with Crippen molar-refractivity contribution in [2.24, 2.45) is 0 Å². The minimum absolute atomic E-state index is 0.166. The fourth-order valence-corrected chi connectivity index (χ4v) is 1.53. The predicted molar refractivity (Wildman–Crippen MR) is 72.4 cm³/mol. The first-order valence-electron chi connectivity index (χ1n) is 5.64. The van der Waals surface area contributed by atoms with Crippen molar-refractivity contribution in [3.05, 3.63) is 53.6 Å². The SMILES string of the molecule is O=C(COC(=O)c1cccnc1)Nc1cccnc1Cl. The number of rotatable bonds is 4. The van der Waals surface area contributed by atoms with Crippen LogP contribution in [0.1, 0.15) is 10.4 Å². The third-order valence-corrected chi connectivity index (χ3v) is 2.57. The van der Waals surface area contributed by atoms with E-state index in [1.165, 1.54) is 18.6 Å². The normalized spacial score (nSPS) is 9.85. The van der Waals surface area contributed by atoms with E-state index in [9.17, 15) is 9.59 Å². The Morgan fingerprint density at radius 2 is 2.05 bits per heavy atom. The molecule has 0 spiro atoms. The van der Waals surface area contributed by atoms with Crippen molar-refractivity contribution in [2.75, 3.05) is 11.9 Å². The van der Waals surface area contributed by atoms with Gasteiger partial charge in [0, 0.05) is 18.6 Å². The van der Waals surface area contributed by atoms with Crippen LogP contribution in [0.2, 0.25) is 5.15 Å². The van der Waals surface area contributed by atoms with Gasteiger partial charge in [-0.15, -0.1) is 0 Å². The number of hydrogen-bond donors (Lipinski definition) is 1. The second-order valence-electron chi connectivity index (χ2n) is 3.71. The van der Waals surface area contributed by atoms with E-state index in [1.807, 2.05) is 0 Å². The molecule has 0 fully saturated rings. The molecule has 1 N–H and O–H groups in total. The molecule has 0 aromatic carbocycles. The summed E-state index contributed by atoms with van der Waals surface area (Å²) in [6.45, 7) is -0.418. The summed E-state index contributed by atoms with van der Waals surface area (Å²) in [5.41, 5.74) is 0.635. The van der Waals surface area contributed by atoms with Crippen molar-refractivity contribution in [1.82, 2.24) is 9.97 Å². The van der Waals surface area contributed by atoms with E-state index in [1.54, 1.807) is 24.3 Å². The summed E-state index contributed by atoms with van der Waals surface area (Å²) in [5.74, 6) is -1.12. The van der Waals surface area contributed by atoms with E-state index in [0.717, 1.165) is 0 Å². The van der Waals surface area contributed by atoms with Crippen LogP contribution in [0, 0.1) is 0 Å². The van der Waals surface area contributed by atoms with Gasteiger partial charge in [0.2, 0.25) is 0 Å². The number of aromatic nitrogens is 2. The summed E-state index contributed by atoms with van der Waals surface area (Å²) in [6, 6.07) is 6.37. The van der Waals surface area contributed by atoms with E-state index in [0.29, 0.717) is 5.69 Å². The number of pyridine rings is 2. The highest BCUT2D eigenvalue weighted by atomic mass is 35.5. The van der Waals surface area contributed by atoms with Crippen molar-refractivity contribution in [3.8, 4) is 0 Å². The maximum absolute atomic E-state index is 11.6. The number of carbonyl (C=O) groups is 2. The maximum atomic E-state index is 11.6. The molecule has 0 atom stereocenters. The Bertz CT molecular complexity index is 619. The molecule has 6 nitrogen and oxygen atoms in total. The molecule has 2 aromatic heterocycles. The molecule has 0 unspecified atom stereocenters. The summed E-state index contributed by atoms with van der Waals surface area (Å²) in [5, 5.41) is 2.66. The molecular formula is C13H10ClN3O3. The molecule has 0 saturated heterocycles. The molecule has 0 radical (unpaired) electrons. The summed E-state index contributed by atoms with van der Waals surface area (Å²) in [4.78, 5) is 30.8. The maximum Gasteiger partial charge on any atom is 0.340 e. The topological polar surface area (TPSA) is 81.2 Å². The number of anilines is 1. The van der Waals surface area contributed by atoms with Crippen molar-refractivity contribution in [1.29, 1.82) is 0 Å². The average Bonchev–Trinajstić information content (AvgIpc) is 2.48. The molecule has 1 amide bonds. The van der Waals surface area contributed by atoms with Crippen LogP contribution >= 0.6 is 11.6 Å². The summed E-state index contributed by atoms with van der Waals surface area (Å²) in [7, 11) is 0. The number of ether oxygens (including phenoxy) is 1. The van der Waals surface area contributed by atoms with E-state index < -0.39 is 18.5 Å². The number of halogens is 1. The Morgan fingerprint density at radius 1 is 1.25 bits per heavy atom. The minimum Gasteiger partial charge on any atom is -0.452 e. The molecule has 0 saturated carbocycles. The molecule has 20 heavy (non-hydrogen) atoms. The van der Waals surface area contributed by atoms with Gasteiger partial charge in [0.1, 0.15) is 0 Å². The summed E-state index contributed by atoms with van der Waals surface area (Å²) < 4.78 is 4.85. The van der Waals surface area contributed by atoms with Crippen LogP contribution in [0.25, 0.3) is 0 Å². The van der Waals surface area contributed by atoms with Gasteiger partial charge in [-0.1, -0.05) is 11.6 Å². The van der Waals surface area contributed by atoms with Gasteiger partial charge in [0.15, 0.2) is 11.8 Å². The van der Waals surface area contributed by atoms with E-state index in [-0.39, 0.29) is 10.7 Å². The lowest BCUT2D eigenvalue weighted by Crippen LogP contribution is -2.21. The second-order valence-corrected chi connectivity index (χ2v) is 4.07. The zero-order chi connectivity index (χ0) is 14.4. The molecule has 0 bridgehead atoms. The largest absolute Gasteiger partial charge is 0.452 e. The summed E-state index contributed by atoms with van der Waals surface area (Å²) in [6.07, 6.45) is 4.40. The van der Waals surface area contributed by atoms with Gasteiger partial charge in [-0.2, -0.15) is 0 Å².